The molecule has 1 amide bonds. The van der Waals surface area contributed by atoms with Gasteiger partial charge in [0, 0.05) is 30.2 Å². The number of hydrogen-bond acceptors (Lipinski definition) is 6. The first-order valence-corrected chi connectivity index (χ1v) is 10.7. The lowest BCUT2D eigenvalue weighted by molar-refractivity contribution is -0.137. The van der Waals surface area contributed by atoms with Crippen LogP contribution < -0.4 is 10.6 Å². The number of aromatic nitrogens is 3. The number of carbonyl (C=O) groups is 2. The van der Waals surface area contributed by atoms with Crippen LogP contribution >= 0.6 is 34.8 Å². The van der Waals surface area contributed by atoms with E-state index in [2.05, 4.69) is 25.6 Å². The summed E-state index contributed by atoms with van der Waals surface area (Å²) in [6.45, 7) is 1.45. The van der Waals surface area contributed by atoms with Crippen molar-refractivity contribution in [1.82, 2.24) is 15.0 Å². The lowest BCUT2D eigenvalue weighted by Crippen LogP contribution is -2.32. The second-order valence-electron chi connectivity index (χ2n) is 7.08. The lowest BCUT2D eigenvalue weighted by Gasteiger charge is -2.17. The monoisotopic (exact) mass is 529 g/mol. The molecule has 3 rings (SSSR count). The number of alkyl halides is 3. The largest absolute Gasteiger partial charge is 0.480 e. The molecule has 0 spiro atoms. The number of anilines is 2. The summed E-state index contributed by atoms with van der Waals surface area (Å²) >= 11 is 17.0. The number of rotatable bonds is 8. The number of carboxylic acid groups (broad SMARTS) is 1. The first-order valence-electron chi connectivity index (χ1n) is 9.55. The van der Waals surface area contributed by atoms with Crippen molar-refractivity contribution < 1.29 is 23.5 Å². The molecule has 8 nitrogen and oxygen atoms in total. The molecule has 34 heavy (non-hydrogen) atoms. The second-order valence-corrected chi connectivity index (χ2v) is 8.37. The molecule has 0 aliphatic heterocycles. The van der Waals surface area contributed by atoms with Crippen molar-refractivity contribution in [3.8, 4) is 0 Å². The zero-order valence-corrected chi connectivity index (χ0v) is 19.6. The zero-order chi connectivity index (χ0) is 25.0. The fourth-order valence-electron chi connectivity index (χ4n) is 2.92. The van der Waals surface area contributed by atoms with Gasteiger partial charge in [-0.15, -0.1) is 0 Å². The second kappa shape index (κ2) is 10.5. The third-order valence-electron chi connectivity index (χ3n) is 4.48. The van der Waals surface area contributed by atoms with E-state index in [9.17, 15) is 23.5 Å². The molecule has 3 aromatic rings. The van der Waals surface area contributed by atoms with Crippen molar-refractivity contribution in [2.24, 2.45) is 0 Å². The molecular formula is C21H16Cl3F2N5O3. The van der Waals surface area contributed by atoms with Crippen LogP contribution in [0.15, 0.2) is 42.7 Å². The Hall–Kier alpha value is -3.08. The molecule has 0 radical (unpaired) electrons. The number of amides is 1. The van der Waals surface area contributed by atoms with E-state index in [4.69, 9.17) is 34.8 Å². The van der Waals surface area contributed by atoms with Crippen LogP contribution in [0.5, 0.6) is 0 Å². The number of pyridine rings is 1. The molecule has 0 saturated heterocycles. The van der Waals surface area contributed by atoms with Gasteiger partial charge >= 0.3 is 11.4 Å². The maximum absolute atomic E-state index is 13.4. The van der Waals surface area contributed by atoms with Crippen molar-refractivity contribution in [3.05, 3.63) is 75.3 Å². The highest BCUT2D eigenvalue weighted by Gasteiger charge is 2.31. The number of carbonyl (C=O) groups excluding carboxylic acids is 1. The fraction of sp³-hybridized carbons (Fsp3) is 0.190. The van der Waals surface area contributed by atoms with Crippen LogP contribution in [0.25, 0.3) is 0 Å². The van der Waals surface area contributed by atoms with Gasteiger partial charge in [-0.3, -0.25) is 9.78 Å². The average molecular weight is 531 g/mol. The molecule has 0 aliphatic rings. The van der Waals surface area contributed by atoms with Gasteiger partial charge in [0.15, 0.2) is 0 Å². The molecule has 0 aliphatic carbocycles. The summed E-state index contributed by atoms with van der Waals surface area (Å²) in [5.74, 6) is -2.08. The Morgan fingerprint density at radius 3 is 2.29 bits per heavy atom. The summed E-state index contributed by atoms with van der Waals surface area (Å²) in [5, 5.41) is 11.2. The third-order valence-corrected chi connectivity index (χ3v) is 5.24. The van der Waals surface area contributed by atoms with E-state index in [0.29, 0.717) is 11.3 Å². The van der Waals surface area contributed by atoms with E-state index in [0.717, 1.165) is 6.07 Å². The summed E-state index contributed by atoms with van der Waals surface area (Å²) in [4.78, 5) is 35.5. The van der Waals surface area contributed by atoms with E-state index in [1.54, 1.807) is 24.3 Å². The fourth-order valence-corrected chi connectivity index (χ4v) is 3.55. The first kappa shape index (κ1) is 25.5. The van der Waals surface area contributed by atoms with Gasteiger partial charge in [-0.25, -0.2) is 14.8 Å². The highest BCUT2D eigenvalue weighted by atomic mass is 35.5. The Kier molecular flexibility index (Phi) is 7.86. The molecule has 1 atom stereocenters. The van der Waals surface area contributed by atoms with Gasteiger partial charge in [0.25, 0.3) is 5.91 Å². The number of benzene rings is 1. The smallest absolute Gasteiger partial charge is 0.364 e. The van der Waals surface area contributed by atoms with Crippen LogP contribution in [0, 0.1) is 6.92 Å². The maximum atomic E-state index is 13.4. The zero-order valence-electron chi connectivity index (χ0n) is 17.3. The number of nitrogens with one attached hydrogen (secondary N) is 2. The van der Waals surface area contributed by atoms with Gasteiger partial charge in [0.05, 0.1) is 15.6 Å². The molecule has 1 aromatic carbocycles. The number of halogens is 5. The molecule has 0 bridgehead atoms. The molecule has 2 heterocycles. The highest BCUT2D eigenvalue weighted by molar-refractivity contribution is 6.40. The SMILES string of the molecule is Cc1cc(C(F)(F)Cl)nc(NC(Cc2ccc(NC(=O)c3c(Cl)cncc3Cl)cc2)C(=O)O)n1. The first-order chi connectivity index (χ1) is 15.9. The Morgan fingerprint density at radius 2 is 1.74 bits per heavy atom. The molecule has 0 saturated carbocycles. The summed E-state index contributed by atoms with van der Waals surface area (Å²) in [6, 6.07) is 6.09. The van der Waals surface area contributed by atoms with Crippen LogP contribution in [0.3, 0.4) is 0 Å². The maximum Gasteiger partial charge on any atom is 0.364 e. The van der Waals surface area contributed by atoms with Gasteiger partial charge in [-0.05, 0) is 42.3 Å². The molecule has 178 valence electrons. The normalized spacial score (nSPS) is 12.2. The van der Waals surface area contributed by atoms with E-state index < -0.39 is 29.0 Å². The van der Waals surface area contributed by atoms with Gasteiger partial charge in [-0.2, -0.15) is 8.78 Å². The molecule has 3 N–H and O–H groups in total. The lowest BCUT2D eigenvalue weighted by atomic mass is 10.1. The molecular weight excluding hydrogens is 515 g/mol. The van der Waals surface area contributed by atoms with Gasteiger partial charge in [0.1, 0.15) is 11.7 Å². The summed E-state index contributed by atoms with van der Waals surface area (Å²) in [7, 11) is 0. The van der Waals surface area contributed by atoms with Crippen molar-refractivity contribution >= 4 is 58.3 Å². The molecule has 13 heteroatoms. The number of aliphatic carboxylic acids is 1. The van der Waals surface area contributed by atoms with Gasteiger partial charge < -0.3 is 15.7 Å². The van der Waals surface area contributed by atoms with E-state index in [-0.39, 0.29) is 33.7 Å². The van der Waals surface area contributed by atoms with Crippen molar-refractivity contribution in [3.63, 3.8) is 0 Å². The minimum absolute atomic E-state index is 0.0323. The topological polar surface area (TPSA) is 117 Å². The van der Waals surface area contributed by atoms with Crippen molar-refractivity contribution in [1.29, 1.82) is 0 Å². The quantitative estimate of drug-likeness (QED) is 0.345. The van der Waals surface area contributed by atoms with Crippen LogP contribution in [0.4, 0.5) is 20.4 Å². The van der Waals surface area contributed by atoms with E-state index in [1.807, 2.05) is 0 Å². The summed E-state index contributed by atoms with van der Waals surface area (Å²) in [5.41, 5.74) is 0.494. The molecule has 0 fully saturated rings. The van der Waals surface area contributed by atoms with E-state index >= 15 is 0 Å². The summed E-state index contributed by atoms with van der Waals surface area (Å²) < 4.78 is 26.8. The Balaban J connectivity index is 1.72. The summed E-state index contributed by atoms with van der Waals surface area (Å²) in [6.07, 6.45) is 2.55. The Morgan fingerprint density at radius 1 is 1.12 bits per heavy atom. The highest BCUT2D eigenvalue weighted by Crippen LogP contribution is 2.31. The predicted octanol–water partition coefficient (Wildman–Crippen LogP) is 5.14. The number of aryl methyl sites for hydroxylation is 1. The standard InChI is InChI=1S/C21H16Cl3F2N5O3/c1-10-6-16(21(24,25)26)31-20(28-10)30-15(19(33)34)7-11-2-4-12(5-3-11)29-18(32)17-13(22)8-27-9-14(17)23/h2-6,8-9,15H,7H2,1H3,(H,29,32)(H,33,34)(H,28,30,31). The molecule has 1 unspecified atom stereocenters. The number of carboxylic acids is 1. The Bertz CT molecular complexity index is 1200. The van der Waals surface area contributed by atoms with Gasteiger partial charge in [-0.1, -0.05) is 35.3 Å². The van der Waals surface area contributed by atoms with E-state index in [1.165, 1.54) is 19.3 Å². The van der Waals surface area contributed by atoms with Gasteiger partial charge in [0.2, 0.25) is 5.95 Å². The minimum atomic E-state index is -3.73. The minimum Gasteiger partial charge on any atom is -0.480 e. The van der Waals surface area contributed by atoms with Crippen LogP contribution in [-0.4, -0.2) is 38.0 Å². The Labute approximate surface area is 207 Å². The third kappa shape index (κ3) is 6.49. The van der Waals surface area contributed by atoms with Crippen molar-refractivity contribution in [2.75, 3.05) is 10.6 Å². The molecule has 2 aromatic heterocycles. The number of nitrogens with zero attached hydrogens (tertiary/aromatic N) is 3. The average Bonchev–Trinajstić information content (AvgIpc) is 2.73. The van der Waals surface area contributed by atoms with Crippen molar-refractivity contribution in [2.45, 2.75) is 24.8 Å². The van der Waals surface area contributed by atoms with Crippen LogP contribution in [0.1, 0.15) is 27.3 Å². The van der Waals surface area contributed by atoms with Crippen LogP contribution in [0.2, 0.25) is 10.0 Å². The predicted molar refractivity (Wildman–Crippen MR) is 124 cm³/mol. The number of hydrogen-bond donors (Lipinski definition) is 3. The van der Waals surface area contributed by atoms with Crippen LogP contribution in [-0.2, 0) is 16.6 Å².